The summed E-state index contributed by atoms with van der Waals surface area (Å²) in [5.74, 6) is 0.457. The quantitative estimate of drug-likeness (QED) is 0.886. The van der Waals surface area contributed by atoms with Crippen molar-refractivity contribution in [2.45, 2.75) is 37.5 Å². The Hall–Kier alpha value is -2.36. The van der Waals surface area contributed by atoms with Crippen LogP contribution in [0.1, 0.15) is 37.7 Å². The topological polar surface area (TPSA) is 38.3 Å². The van der Waals surface area contributed by atoms with Gasteiger partial charge >= 0.3 is 0 Å². The number of anilines is 1. The van der Waals surface area contributed by atoms with E-state index in [1.54, 1.807) is 19.2 Å². The van der Waals surface area contributed by atoms with Gasteiger partial charge in [0.15, 0.2) is 0 Å². The number of carbonyl (C=O) groups is 1. The molecule has 1 N–H and O–H groups in total. The first kappa shape index (κ1) is 16.5. The van der Waals surface area contributed by atoms with E-state index < -0.39 is 5.41 Å². The molecule has 0 aromatic heterocycles. The Morgan fingerprint density at radius 1 is 1.00 bits per heavy atom. The van der Waals surface area contributed by atoms with Crippen LogP contribution >= 0.6 is 0 Å². The number of ether oxygens (including phenoxy) is 1. The second-order valence-electron chi connectivity index (χ2n) is 6.33. The van der Waals surface area contributed by atoms with Crippen LogP contribution < -0.4 is 10.1 Å². The fraction of sp³-hybridized carbons (Fsp3) is 0.350. The zero-order valence-electron chi connectivity index (χ0n) is 13.8. The summed E-state index contributed by atoms with van der Waals surface area (Å²) in [5.41, 5.74) is 1.06. The van der Waals surface area contributed by atoms with E-state index in [-0.39, 0.29) is 11.7 Å². The van der Waals surface area contributed by atoms with Crippen LogP contribution in [-0.4, -0.2) is 13.0 Å². The molecule has 3 rings (SSSR count). The predicted molar refractivity (Wildman–Crippen MR) is 92.8 cm³/mol. The minimum absolute atomic E-state index is 0.0148. The van der Waals surface area contributed by atoms with Crippen LogP contribution in [0.25, 0.3) is 0 Å². The maximum atomic E-state index is 13.3. The van der Waals surface area contributed by atoms with Crippen LogP contribution in [0, 0.1) is 5.82 Å². The highest BCUT2D eigenvalue weighted by Crippen LogP contribution is 2.40. The zero-order chi connectivity index (χ0) is 17.0. The summed E-state index contributed by atoms with van der Waals surface area (Å²) >= 11 is 0. The lowest BCUT2D eigenvalue weighted by molar-refractivity contribution is -0.122. The van der Waals surface area contributed by atoms with Gasteiger partial charge in [-0.1, -0.05) is 31.4 Å². The van der Waals surface area contributed by atoms with E-state index in [2.05, 4.69) is 5.32 Å². The van der Waals surface area contributed by atoms with E-state index >= 15 is 0 Å². The molecule has 0 saturated heterocycles. The first-order valence-corrected chi connectivity index (χ1v) is 8.36. The molecule has 0 aliphatic heterocycles. The van der Waals surface area contributed by atoms with Gasteiger partial charge in [0.1, 0.15) is 11.6 Å². The fourth-order valence-electron chi connectivity index (χ4n) is 3.50. The zero-order valence-corrected chi connectivity index (χ0v) is 13.8. The Labute approximate surface area is 141 Å². The lowest BCUT2D eigenvalue weighted by Gasteiger charge is -2.36. The molecule has 1 aliphatic rings. The SMILES string of the molecule is COc1ccc(NC(=O)C2(c3ccc(F)cc3)CCCCC2)cc1. The van der Waals surface area contributed by atoms with Crippen molar-refractivity contribution in [2.24, 2.45) is 0 Å². The molecule has 1 fully saturated rings. The number of hydrogen-bond acceptors (Lipinski definition) is 2. The third-order valence-electron chi connectivity index (χ3n) is 4.89. The van der Waals surface area contributed by atoms with Crippen molar-refractivity contribution in [1.29, 1.82) is 0 Å². The normalized spacial score (nSPS) is 16.4. The average Bonchev–Trinajstić information content (AvgIpc) is 2.63. The minimum Gasteiger partial charge on any atom is -0.497 e. The average molecular weight is 327 g/mol. The number of nitrogens with one attached hydrogen (secondary N) is 1. The van der Waals surface area contributed by atoms with Gasteiger partial charge in [-0.25, -0.2) is 4.39 Å². The molecule has 2 aromatic carbocycles. The first-order valence-electron chi connectivity index (χ1n) is 8.36. The summed E-state index contributed by atoms with van der Waals surface area (Å²) < 4.78 is 18.4. The van der Waals surface area contributed by atoms with E-state index in [4.69, 9.17) is 4.74 Å². The summed E-state index contributed by atoms with van der Waals surface area (Å²) in [6, 6.07) is 13.7. The van der Waals surface area contributed by atoms with Crippen molar-refractivity contribution < 1.29 is 13.9 Å². The van der Waals surface area contributed by atoms with Crippen molar-refractivity contribution in [2.75, 3.05) is 12.4 Å². The molecule has 0 radical (unpaired) electrons. The van der Waals surface area contributed by atoms with Gasteiger partial charge in [0, 0.05) is 5.69 Å². The van der Waals surface area contributed by atoms with Gasteiger partial charge in [-0.05, 0) is 54.8 Å². The van der Waals surface area contributed by atoms with Crippen molar-refractivity contribution in [3.8, 4) is 5.75 Å². The summed E-state index contributed by atoms with van der Waals surface area (Å²) in [7, 11) is 1.61. The van der Waals surface area contributed by atoms with Gasteiger partial charge in [-0.15, -0.1) is 0 Å². The highest BCUT2D eigenvalue weighted by Gasteiger charge is 2.41. The highest BCUT2D eigenvalue weighted by atomic mass is 19.1. The van der Waals surface area contributed by atoms with E-state index in [1.807, 2.05) is 24.3 Å². The van der Waals surface area contributed by atoms with Crippen LogP contribution in [0.3, 0.4) is 0 Å². The first-order chi connectivity index (χ1) is 11.6. The Balaban J connectivity index is 1.87. The number of amides is 1. The molecule has 126 valence electrons. The molecule has 3 nitrogen and oxygen atoms in total. The van der Waals surface area contributed by atoms with Crippen LogP contribution in [0.5, 0.6) is 5.75 Å². The van der Waals surface area contributed by atoms with Crippen LogP contribution in [0.4, 0.5) is 10.1 Å². The predicted octanol–water partition coefficient (Wildman–Crippen LogP) is 4.67. The van der Waals surface area contributed by atoms with Gasteiger partial charge in [0.05, 0.1) is 12.5 Å². The Morgan fingerprint density at radius 2 is 1.62 bits per heavy atom. The van der Waals surface area contributed by atoms with Crippen LogP contribution in [-0.2, 0) is 10.2 Å². The third kappa shape index (κ3) is 3.28. The van der Waals surface area contributed by atoms with E-state index in [0.29, 0.717) is 0 Å². The maximum Gasteiger partial charge on any atom is 0.235 e. The molecule has 0 heterocycles. The third-order valence-corrected chi connectivity index (χ3v) is 4.89. The lowest BCUT2D eigenvalue weighted by Crippen LogP contribution is -2.42. The molecule has 0 bridgehead atoms. The molecule has 1 saturated carbocycles. The van der Waals surface area contributed by atoms with E-state index in [1.165, 1.54) is 12.1 Å². The van der Waals surface area contributed by atoms with Gasteiger partial charge in [-0.2, -0.15) is 0 Å². The maximum absolute atomic E-state index is 13.3. The number of halogens is 1. The van der Waals surface area contributed by atoms with Crippen LogP contribution in [0.2, 0.25) is 0 Å². The molecular weight excluding hydrogens is 305 g/mol. The molecular formula is C20H22FNO2. The monoisotopic (exact) mass is 327 g/mol. The molecule has 0 unspecified atom stereocenters. The summed E-state index contributed by atoms with van der Waals surface area (Å²) in [6.07, 6.45) is 4.74. The van der Waals surface area contributed by atoms with Crippen molar-refractivity contribution in [3.63, 3.8) is 0 Å². The Kier molecular flexibility index (Phi) is 4.84. The largest absolute Gasteiger partial charge is 0.497 e. The lowest BCUT2D eigenvalue weighted by atomic mass is 9.68. The number of carbonyl (C=O) groups excluding carboxylic acids is 1. The summed E-state index contributed by atoms with van der Waals surface area (Å²) in [5, 5.41) is 3.03. The highest BCUT2D eigenvalue weighted by molar-refractivity contribution is 5.99. The number of hydrogen-bond donors (Lipinski definition) is 1. The molecule has 4 heteroatoms. The van der Waals surface area contributed by atoms with Gasteiger partial charge in [-0.3, -0.25) is 4.79 Å². The standard InChI is InChI=1S/C20H22FNO2/c1-24-18-11-9-17(10-12-18)22-19(23)20(13-3-2-4-14-20)15-5-7-16(21)8-6-15/h5-12H,2-4,13-14H2,1H3,(H,22,23). The number of methoxy groups -OCH3 is 1. The molecule has 0 spiro atoms. The second kappa shape index (κ2) is 7.04. The van der Waals surface area contributed by atoms with Crippen molar-refractivity contribution >= 4 is 11.6 Å². The molecule has 1 amide bonds. The van der Waals surface area contributed by atoms with Gasteiger partial charge in [0.2, 0.25) is 5.91 Å². The Bertz CT molecular complexity index is 689. The Morgan fingerprint density at radius 3 is 2.21 bits per heavy atom. The smallest absolute Gasteiger partial charge is 0.235 e. The van der Waals surface area contributed by atoms with Crippen molar-refractivity contribution in [3.05, 3.63) is 59.9 Å². The number of rotatable bonds is 4. The van der Waals surface area contributed by atoms with Crippen molar-refractivity contribution in [1.82, 2.24) is 0 Å². The van der Waals surface area contributed by atoms with Crippen LogP contribution in [0.15, 0.2) is 48.5 Å². The summed E-state index contributed by atoms with van der Waals surface area (Å²) in [4.78, 5) is 13.1. The van der Waals surface area contributed by atoms with E-state index in [0.717, 1.165) is 49.1 Å². The van der Waals surface area contributed by atoms with E-state index in [9.17, 15) is 9.18 Å². The van der Waals surface area contributed by atoms with Gasteiger partial charge < -0.3 is 10.1 Å². The molecule has 0 atom stereocenters. The summed E-state index contributed by atoms with van der Waals surface area (Å²) in [6.45, 7) is 0. The van der Waals surface area contributed by atoms with Gasteiger partial charge in [0.25, 0.3) is 0 Å². The molecule has 1 aliphatic carbocycles. The number of benzene rings is 2. The fourth-order valence-corrected chi connectivity index (χ4v) is 3.50. The molecule has 24 heavy (non-hydrogen) atoms. The molecule has 2 aromatic rings. The second-order valence-corrected chi connectivity index (χ2v) is 6.33. The minimum atomic E-state index is -0.578.